The fraction of sp³-hybridized carbons (Fsp3) is 0. The maximum Gasteiger partial charge on any atom is 0.156 e. The Morgan fingerprint density at radius 2 is 1.57 bits per heavy atom. The number of benzene rings is 2. The smallest absolute Gasteiger partial charge is 0.156 e. The summed E-state index contributed by atoms with van der Waals surface area (Å²) < 4.78 is 5.85. The van der Waals surface area contributed by atoms with Crippen molar-refractivity contribution in [2.45, 2.75) is 0 Å². The van der Waals surface area contributed by atoms with Gasteiger partial charge in [0, 0.05) is 11.6 Å². The first-order valence-corrected chi connectivity index (χ1v) is 6.28. The molecular weight excluding hydrogens is 262 g/mol. The average molecular weight is 271 g/mol. The number of nitrogens with zero attached hydrogens (tertiary/aromatic N) is 3. The lowest BCUT2D eigenvalue weighted by Gasteiger charge is -2.11. The molecule has 4 nitrogen and oxygen atoms in total. The van der Waals surface area contributed by atoms with Crippen molar-refractivity contribution in [1.29, 1.82) is 10.5 Å². The first-order chi connectivity index (χ1) is 10.3. The van der Waals surface area contributed by atoms with Crippen LogP contribution in [0.25, 0.3) is 10.9 Å². The Bertz CT molecular complexity index is 904. The van der Waals surface area contributed by atoms with Crippen LogP contribution < -0.4 is 4.74 Å². The fourth-order valence-electron chi connectivity index (χ4n) is 2.06. The van der Waals surface area contributed by atoms with Crippen LogP contribution in [0.15, 0.2) is 54.7 Å². The first-order valence-electron chi connectivity index (χ1n) is 6.28. The van der Waals surface area contributed by atoms with Crippen LogP contribution in [0.2, 0.25) is 0 Å². The van der Waals surface area contributed by atoms with Crippen molar-refractivity contribution >= 4 is 10.9 Å². The lowest BCUT2D eigenvalue weighted by Crippen LogP contribution is -1.94. The molecule has 0 fully saturated rings. The molecule has 0 atom stereocenters. The molecule has 0 saturated heterocycles. The molecule has 3 rings (SSSR count). The van der Waals surface area contributed by atoms with E-state index < -0.39 is 0 Å². The van der Waals surface area contributed by atoms with Crippen molar-refractivity contribution in [3.05, 3.63) is 65.9 Å². The Labute approximate surface area is 121 Å². The summed E-state index contributed by atoms with van der Waals surface area (Å²) in [5, 5.41) is 19.1. The molecule has 0 saturated carbocycles. The summed E-state index contributed by atoms with van der Waals surface area (Å²) in [7, 11) is 0. The van der Waals surface area contributed by atoms with Gasteiger partial charge in [0.2, 0.25) is 0 Å². The maximum absolute atomic E-state index is 9.25. The van der Waals surface area contributed by atoms with E-state index in [1.807, 2.05) is 24.3 Å². The molecule has 0 N–H and O–H groups in total. The van der Waals surface area contributed by atoms with Gasteiger partial charge in [0.1, 0.15) is 23.5 Å². The molecule has 0 bridgehead atoms. The number of hydrogen-bond acceptors (Lipinski definition) is 4. The molecule has 0 spiro atoms. The van der Waals surface area contributed by atoms with Gasteiger partial charge in [-0.3, -0.25) is 4.98 Å². The predicted molar refractivity (Wildman–Crippen MR) is 77.7 cm³/mol. The number of para-hydroxylation sites is 2. The Morgan fingerprint density at radius 1 is 0.857 bits per heavy atom. The largest absolute Gasteiger partial charge is 0.454 e. The van der Waals surface area contributed by atoms with Crippen molar-refractivity contribution in [1.82, 2.24) is 4.98 Å². The molecule has 1 heterocycles. The van der Waals surface area contributed by atoms with Crippen molar-refractivity contribution in [3.8, 4) is 23.6 Å². The molecular formula is C17H9N3O. The van der Waals surface area contributed by atoms with E-state index in [-0.39, 0.29) is 0 Å². The third kappa shape index (κ3) is 2.27. The van der Waals surface area contributed by atoms with Crippen molar-refractivity contribution < 1.29 is 4.74 Å². The Kier molecular flexibility index (Phi) is 3.21. The van der Waals surface area contributed by atoms with Gasteiger partial charge in [0.15, 0.2) is 5.75 Å². The van der Waals surface area contributed by atoms with Gasteiger partial charge in [-0.05, 0) is 24.3 Å². The highest BCUT2D eigenvalue weighted by Gasteiger charge is 2.12. The quantitative estimate of drug-likeness (QED) is 0.711. The van der Waals surface area contributed by atoms with Crippen molar-refractivity contribution in [2.75, 3.05) is 0 Å². The topological polar surface area (TPSA) is 69.7 Å². The van der Waals surface area contributed by atoms with Crippen LogP contribution in [0.4, 0.5) is 0 Å². The average Bonchev–Trinajstić information content (AvgIpc) is 2.55. The lowest BCUT2D eigenvalue weighted by molar-refractivity contribution is 0.484. The highest BCUT2D eigenvalue weighted by atomic mass is 16.5. The number of ether oxygens (including phenoxy) is 1. The summed E-state index contributed by atoms with van der Waals surface area (Å²) in [5.74, 6) is 0.846. The second-order valence-corrected chi connectivity index (χ2v) is 4.34. The molecule has 4 heteroatoms. The second kappa shape index (κ2) is 5.32. The molecule has 98 valence electrons. The van der Waals surface area contributed by atoms with Gasteiger partial charge in [-0.15, -0.1) is 0 Å². The zero-order chi connectivity index (χ0) is 14.7. The molecule has 0 amide bonds. The zero-order valence-electron chi connectivity index (χ0n) is 10.9. The third-order valence-corrected chi connectivity index (χ3v) is 3.07. The molecule has 21 heavy (non-hydrogen) atoms. The van der Waals surface area contributed by atoms with E-state index in [1.165, 1.54) is 6.20 Å². The van der Waals surface area contributed by atoms with Crippen LogP contribution in [0, 0.1) is 22.7 Å². The van der Waals surface area contributed by atoms with Crippen LogP contribution in [-0.4, -0.2) is 4.98 Å². The van der Waals surface area contributed by atoms with Crippen LogP contribution in [-0.2, 0) is 0 Å². The van der Waals surface area contributed by atoms with Crippen LogP contribution in [0.5, 0.6) is 11.5 Å². The molecule has 0 radical (unpaired) electrons. The van der Waals surface area contributed by atoms with Crippen LogP contribution in [0.3, 0.4) is 0 Å². The fourth-order valence-corrected chi connectivity index (χ4v) is 2.06. The molecule has 2 aromatic carbocycles. The van der Waals surface area contributed by atoms with Gasteiger partial charge in [0.25, 0.3) is 0 Å². The summed E-state index contributed by atoms with van der Waals surface area (Å²) in [6.07, 6.45) is 1.48. The minimum Gasteiger partial charge on any atom is -0.454 e. The van der Waals surface area contributed by atoms with Gasteiger partial charge in [-0.2, -0.15) is 10.5 Å². The van der Waals surface area contributed by atoms with Gasteiger partial charge < -0.3 is 4.74 Å². The van der Waals surface area contributed by atoms with E-state index in [1.54, 1.807) is 24.3 Å². The molecule has 0 aliphatic rings. The number of pyridine rings is 1. The Morgan fingerprint density at radius 3 is 2.38 bits per heavy atom. The van der Waals surface area contributed by atoms with Gasteiger partial charge in [0.05, 0.1) is 11.1 Å². The van der Waals surface area contributed by atoms with E-state index in [0.717, 1.165) is 10.9 Å². The predicted octanol–water partition coefficient (Wildman–Crippen LogP) is 3.77. The first kappa shape index (κ1) is 12.7. The molecule has 0 aliphatic carbocycles. The standard InChI is InChI=1S/C17H9N3O/c18-9-12-5-1-4-8-16(12)21-17-13(10-19)11-20-15-7-3-2-6-14(15)17/h1-8,11H. The number of hydrogen-bond donors (Lipinski definition) is 0. The Hall–Kier alpha value is -3.37. The van der Waals surface area contributed by atoms with E-state index in [4.69, 9.17) is 10.00 Å². The van der Waals surface area contributed by atoms with Gasteiger partial charge >= 0.3 is 0 Å². The molecule has 3 aromatic rings. The number of fused-ring (bicyclic) bond motifs is 1. The maximum atomic E-state index is 9.25. The van der Waals surface area contributed by atoms with Crippen LogP contribution >= 0.6 is 0 Å². The van der Waals surface area contributed by atoms with E-state index >= 15 is 0 Å². The number of rotatable bonds is 2. The SMILES string of the molecule is N#Cc1ccccc1Oc1c(C#N)cnc2ccccc12. The van der Waals surface area contributed by atoms with E-state index in [0.29, 0.717) is 22.6 Å². The summed E-state index contributed by atoms with van der Waals surface area (Å²) >= 11 is 0. The summed E-state index contributed by atoms with van der Waals surface area (Å²) in [4.78, 5) is 4.23. The normalized spacial score (nSPS) is 9.81. The summed E-state index contributed by atoms with van der Waals surface area (Å²) in [6, 6.07) is 18.5. The molecule has 0 aliphatic heterocycles. The molecule has 0 unspecified atom stereocenters. The van der Waals surface area contributed by atoms with Crippen LogP contribution in [0.1, 0.15) is 11.1 Å². The second-order valence-electron chi connectivity index (χ2n) is 4.34. The highest BCUT2D eigenvalue weighted by molar-refractivity contribution is 5.87. The minimum atomic E-state index is 0.335. The zero-order valence-corrected chi connectivity index (χ0v) is 10.9. The Balaban J connectivity index is 2.20. The van der Waals surface area contributed by atoms with Crippen molar-refractivity contribution in [2.24, 2.45) is 0 Å². The third-order valence-electron chi connectivity index (χ3n) is 3.07. The lowest BCUT2D eigenvalue weighted by atomic mass is 10.1. The van der Waals surface area contributed by atoms with Gasteiger partial charge in [-0.25, -0.2) is 0 Å². The minimum absolute atomic E-state index is 0.335. The van der Waals surface area contributed by atoms with E-state index in [9.17, 15) is 5.26 Å². The molecule has 1 aromatic heterocycles. The number of nitriles is 2. The highest BCUT2D eigenvalue weighted by Crippen LogP contribution is 2.33. The summed E-state index contributed by atoms with van der Waals surface area (Å²) in [5.41, 5.74) is 1.49. The monoisotopic (exact) mass is 271 g/mol. The van der Waals surface area contributed by atoms with E-state index in [2.05, 4.69) is 17.1 Å². The summed E-state index contributed by atoms with van der Waals surface area (Å²) in [6.45, 7) is 0. The van der Waals surface area contributed by atoms with Crippen molar-refractivity contribution in [3.63, 3.8) is 0 Å². The number of aromatic nitrogens is 1. The van der Waals surface area contributed by atoms with Gasteiger partial charge in [-0.1, -0.05) is 24.3 Å².